The molecule has 1 aliphatic rings. The Bertz CT molecular complexity index is 1920. The topological polar surface area (TPSA) is 131 Å². The van der Waals surface area contributed by atoms with Crippen molar-refractivity contribution in [2.45, 2.75) is 51.9 Å². The third kappa shape index (κ3) is 6.67. The van der Waals surface area contributed by atoms with Gasteiger partial charge in [0.15, 0.2) is 11.6 Å². The van der Waals surface area contributed by atoms with Crippen molar-refractivity contribution < 1.29 is 28.2 Å². The molecule has 1 saturated heterocycles. The molecule has 0 amide bonds. The summed E-state index contributed by atoms with van der Waals surface area (Å²) in [6, 6.07) is 15.7. The number of nitrogens with zero attached hydrogens (tertiary/aromatic N) is 7. The molecule has 1 fully saturated rings. The number of aromatic carboxylic acids is 1. The third-order valence-corrected chi connectivity index (χ3v) is 7.95. The average molecular weight is 628 g/mol. The normalized spacial score (nSPS) is 16.7. The molecule has 2 aromatic carbocycles. The van der Waals surface area contributed by atoms with Crippen LogP contribution < -0.4 is 9.47 Å². The van der Waals surface area contributed by atoms with E-state index in [1.54, 1.807) is 42.9 Å². The maximum atomic E-state index is 15.5. The van der Waals surface area contributed by atoms with Crippen molar-refractivity contribution in [1.29, 1.82) is 5.26 Å². The lowest BCUT2D eigenvalue weighted by molar-refractivity contribution is 0.0154. The molecule has 0 saturated carbocycles. The van der Waals surface area contributed by atoms with Gasteiger partial charge in [-0.2, -0.15) is 5.26 Å². The molecule has 1 aliphatic heterocycles. The van der Waals surface area contributed by atoms with Gasteiger partial charge in [0.2, 0.25) is 5.88 Å². The fourth-order valence-electron chi connectivity index (χ4n) is 5.55. The number of piperidine rings is 1. The highest BCUT2D eigenvalue weighted by Crippen LogP contribution is 2.25. The van der Waals surface area contributed by atoms with Crippen molar-refractivity contribution in [3.63, 3.8) is 0 Å². The highest BCUT2D eigenvalue weighted by molar-refractivity contribution is 5.92. The molecule has 0 bridgehead atoms. The molecule has 3 aromatic heterocycles. The summed E-state index contributed by atoms with van der Waals surface area (Å²) in [6.45, 7) is 4.17. The van der Waals surface area contributed by atoms with E-state index in [2.05, 4.69) is 9.97 Å². The van der Waals surface area contributed by atoms with E-state index in [1.165, 1.54) is 18.2 Å². The standard InChI is InChI=1S/C33H31F2N7O4/c1-2-41-20-37-15-24(41)16-42-28-13-22(33(43)44)7-8-27(28)39-31(42)18-40-11-10-30(26(35)17-40)46-32-5-3-4-23(38-32)19-45-29-9-6-21(14-36)12-25(29)34/h3-9,12-13,15,20,26,30H,2,10-11,16-19H2,1H3,(H,43,44). The number of carboxylic acid groups (broad SMARTS) is 1. The first-order valence-electron chi connectivity index (χ1n) is 14.8. The molecule has 0 radical (unpaired) electrons. The van der Waals surface area contributed by atoms with Gasteiger partial charge in [-0.05, 0) is 49.4 Å². The number of aromatic nitrogens is 5. The van der Waals surface area contributed by atoms with Crippen molar-refractivity contribution in [2.75, 3.05) is 13.1 Å². The average Bonchev–Trinajstić information content (AvgIpc) is 3.65. The molecule has 5 aromatic rings. The van der Waals surface area contributed by atoms with E-state index in [0.29, 0.717) is 48.6 Å². The summed E-state index contributed by atoms with van der Waals surface area (Å²) in [5.41, 5.74) is 3.12. The Morgan fingerprint density at radius 2 is 2.02 bits per heavy atom. The molecule has 0 spiro atoms. The molecule has 0 aliphatic carbocycles. The van der Waals surface area contributed by atoms with E-state index in [0.717, 1.165) is 18.3 Å². The van der Waals surface area contributed by atoms with Gasteiger partial charge in [0.25, 0.3) is 0 Å². The van der Waals surface area contributed by atoms with Crippen molar-refractivity contribution in [3.8, 4) is 17.7 Å². The number of fused-ring (bicyclic) bond motifs is 1. The number of imidazole rings is 2. The van der Waals surface area contributed by atoms with Gasteiger partial charge in [0.05, 0.1) is 59.0 Å². The number of aryl methyl sites for hydroxylation is 1. The molecule has 13 heteroatoms. The molecule has 236 valence electrons. The summed E-state index contributed by atoms with van der Waals surface area (Å²) < 4.78 is 45.2. The van der Waals surface area contributed by atoms with Crippen molar-refractivity contribution in [2.24, 2.45) is 0 Å². The van der Waals surface area contributed by atoms with Crippen LogP contribution in [0, 0.1) is 17.1 Å². The van der Waals surface area contributed by atoms with Gasteiger partial charge in [-0.15, -0.1) is 0 Å². The first kappa shape index (κ1) is 30.7. The lowest BCUT2D eigenvalue weighted by Gasteiger charge is -2.34. The minimum Gasteiger partial charge on any atom is -0.484 e. The number of carbonyl (C=O) groups is 1. The number of ether oxygens (including phenoxy) is 2. The van der Waals surface area contributed by atoms with E-state index in [1.807, 2.05) is 27.0 Å². The minimum atomic E-state index is -1.30. The number of benzene rings is 2. The zero-order chi connectivity index (χ0) is 32.2. The minimum absolute atomic E-state index is 0.00448. The summed E-state index contributed by atoms with van der Waals surface area (Å²) in [4.78, 5) is 27.1. The van der Waals surface area contributed by atoms with E-state index in [-0.39, 0.29) is 35.9 Å². The number of nitriles is 1. The Kier molecular flexibility index (Phi) is 8.89. The maximum Gasteiger partial charge on any atom is 0.335 e. The van der Waals surface area contributed by atoms with E-state index in [9.17, 15) is 14.3 Å². The van der Waals surface area contributed by atoms with Gasteiger partial charge in [0.1, 0.15) is 24.7 Å². The van der Waals surface area contributed by atoms with Gasteiger partial charge >= 0.3 is 5.97 Å². The Hall–Kier alpha value is -5.35. The fourth-order valence-corrected chi connectivity index (χ4v) is 5.55. The van der Waals surface area contributed by atoms with Gasteiger partial charge in [-0.3, -0.25) is 4.90 Å². The van der Waals surface area contributed by atoms with Crippen LogP contribution in [0.3, 0.4) is 0 Å². The summed E-state index contributed by atoms with van der Waals surface area (Å²) >= 11 is 0. The number of rotatable bonds is 11. The summed E-state index contributed by atoms with van der Waals surface area (Å²) in [6.07, 6.45) is 1.92. The maximum absolute atomic E-state index is 15.5. The molecule has 4 heterocycles. The van der Waals surface area contributed by atoms with Crippen molar-refractivity contribution >= 4 is 17.0 Å². The first-order valence-corrected chi connectivity index (χ1v) is 14.8. The van der Waals surface area contributed by atoms with Gasteiger partial charge in [-0.1, -0.05) is 6.07 Å². The summed E-state index contributed by atoms with van der Waals surface area (Å²) in [5.74, 6) is -0.737. The Balaban J connectivity index is 1.12. The van der Waals surface area contributed by atoms with Crippen LogP contribution in [0.5, 0.6) is 11.6 Å². The number of pyridine rings is 1. The molecule has 2 atom stereocenters. The van der Waals surface area contributed by atoms with Gasteiger partial charge in [0, 0.05) is 38.3 Å². The second kappa shape index (κ2) is 13.3. The highest BCUT2D eigenvalue weighted by atomic mass is 19.1. The second-order valence-electron chi connectivity index (χ2n) is 11.0. The Morgan fingerprint density at radius 1 is 1.15 bits per heavy atom. The predicted molar refractivity (Wildman–Crippen MR) is 163 cm³/mol. The number of halogens is 2. The largest absolute Gasteiger partial charge is 0.484 e. The fraction of sp³-hybridized carbons (Fsp3) is 0.303. The molecule has 46 heavy (non-hydrogen) atoms. The lowest BCUT2D eigenvalue weighted by atomic mass is 10.1. The third-order valence-electron chi connectivity index (χ3n) is 7.95. The molecule has 1 N–H and O–H groups in total. The van der Waals surface area contributed by atoms with Crippen LogP contribution >= 0.6 is 0 Å². The number of hydrogen-bond acceptors (Lipinski definition) is 8. The van der Waals surface area contributed by atoms with Crippen LogP contribution in [0.1, 0.15) is 46.5 Å². The molecule has 6 rings (SSSR count). The smallest absolute Gasteiger partial charge is 0.335 e. The van der Waals surface area contributed by atoms with Crippen LogP contribution in [0.4, 0.5) is 8.78 Å². The zero-order valence-corrected chi connectivity index (χ0v) is 25.0. The molecular weight excluding hydrogens is 596 g/mol. The van der Waals surface area contributed by atoms with Crippen molar-refractivity contribution in [1.82, 2.24) is 29.0 Å². The number of likely N-dealkylation sites (tertiary alicyclic amines) is 1. The Labute approximate surface area is 263 Å². The predicted octanol–water partition coefficient (Wildman–Crippen LogP) is 4.98. The monoisotopic (exact) mass is 627 g/mol. The summed E-state index contributed by atoms with van der Waals surface area (Å²) in [5, 5.41) is 18.5. The summed E-state index contributed by atoms with van der Waals surface area (Å²) in [7, 11) is 0. The van der Waals surface area contributed by atoms with Crippen LogP contribution in [0.2, 0.25) is 0 Å². The quantitative estimate of drug-likeness (QED) is 0.216. The van der Waals surface area contributed by atoms with Crippen molar-refractivity contribution in [3.05, 3.63) is 101 Å². The molecule has 2 unspecified atom stereocenters. The highest BCUT2D eigenvalue weighted by Gasteiger charge is 2.32. The van der Waals surface area contributed by atoms with E-state index in [4.69, 9.17) is 19.7 Å². The number of alkyl halides is 1. The lowest BCUT2D eigenvalue weighted by Crippen LogP contribution is -2.47. The number of hydrogen-bond donors (Lipinski definition) is 1. The molecule has 11 nitrogen and oxygen atoms in total. The zero-order valence-electron chi connectivity index (χ0n) is 25.0. The van der Waals surface area contributed by atoms with E-state index >= 15 is 4.39 Å². The first-order chi connectivity index (χ1) is 22.3. The Morgan fingerprint density at radius 3 is 2.78 bits per heavy atom. The van der Waals surface area contributed by atoms with Crippen LogP contribution in [0.15, 0.2) is 67.1 Å². The van der Waals surface area contributed by atoms with Gasteiger partial charge in [-0.25, -0.2) is 28.5 Å². The van der Waals surface area contributed by atoms with E-state index < -0.39 is 24.1 Å². The van der Waals surface area contributed by atoms with Crippen LogP contribution in [0.25, 0.3) is 11.0 Å². The van der Waals surface area contributed by atoms with Crippen LogP contribution in [-0.4, -0.2) is 65.4 Å². The molecular formula is C33H31F2N7O4. The van der Waals surface area contributed by atoms with Gasteiger partial charge < -0.3 is 23.7 Å². The van der Waals surface area contributed by atoms with Crippen LogP contribution in [-0.2, 0) is 26.2 Å². The number of carboxylic acids is 1. The SMILES string of the molecule is CCn1cncc1Cn1c(CN2CCC(Oc3cccc(COc4ccc(C#N)cc4F)n3)C(F)C2)nc2ccc(C(=O)O)cc21. The second-order valence-corrected chi connectivity index (χ2v) is 11.0.